The van der Waals surface area contributed by atoms with Gasteiger partial charge in [-0.25, -0.2) is 0 Å². The van der Waals surface area contributed by atoms with Crippen molar-refractivity contribution in [2.45, 2.75) is 11.4 Å². The molecule has 1 aliphatic rings. The molecule has 0 saturated heterocycles. The topological polar surface area (TPSA) is 59.9 Å². The molecular formula is C23H18N4OS. The van der Waals surface area contributed by atoms with E-state index >= 15 is 0 Å². The van der Waals surface area contributed by atoms with Crippen molar-refractivity contribution in [2.75, 3.05) is 11.1 Å². The second kappa shape index (κ2) is 7.56. The van der Waals surface area contributed by atoms with Gasteiger partial charge in [-0.2, -0.15) is 4.98 Å². The van der Waals surface area contributed by atoms with E-state index in [1.54, 1.807) is 0 Å². The lowest BCUT2D eigenvalue weighted by molar-refractivity contribution is 0.226. The molecule has 2 heterocycles. The number of anilines is 1. The van der Waals surface area contributed by atoms with Gasteiger partial charge in [-0.3, -0.25) is 0 Å². The minimum atomic E-state index is -0.405. The van der Waals surface area contributed by atoms with Gasteiger partial charge in [-0.1, -0.05) is 78.5 Å². The SMILES string of the molecule is C=CCSc1nnc2c(n1)O[C@H](c1cccc3ccccc13)Nc1ccccc1-2. The van der Waals surface area contributed by atoms with Crippen LogP contribution in [0.5, 0.6) is 5.88 Å². The number of para-hydroxylation sites is 1. The van der Waals surface area contributed by atoms with E-state index in [9.17, 15) is 0 Å². The first kappa shape index (κ1) is 17.7. The number of thioether (sulfide) groups is 1. The second-order valence-electron chi connectivity index (χ2n) is 6.60. The summed E-state index contributed by atoms with van der Waals surface area (Å²) >= 11 is 1.48. The zero-order chi connectivity index (χ0) is 19.6. The van der Waals surface area contributed by atoms with Crippen LogP contribution in [-0.4, -0.2) is 20.9 Å². The number of aromatic nitrogens is 3. The highest BCUT2D eigenvalue weighted by atomic mass is 32.2. The third-order valence-corrected chi connectivity index (χ3v) is 5.60. The summed E-state index contributed by atoms with van der Waals surface area (Å²) < 4.78 is 6.39. The van der Waals surface area contributed by atoms with Crippen molar-refractivity contribution in [1.29, 1.82) is 0 Å². The predicted octanol–water partition coefficient (Wildman–Crippen LogP) is 5.47. The summed E-state index contributed by atoms with van der Waals surface area (Å²) in [5, 5.41) is 15.1. The van der Waals surface area contributed by atoms with Crippen molar-refractivity contribution in [3.8, 4) is 17.1 Å². The Morgan fingerprint density at radius 3 is 2.76 bits per heavy atom. The van der Waals surface area contributed by atoms with E-state index in [0.29, 0.717) is 22.5 Å². The van der Waals surface area contributed by atoms with Gasteiger partial charge in [0.05, 0.1) is 0 Å². The van der Waals surface area contributed by atoms with Crippen molar-refractivity contribution >= 4 is 28.2 Å². The molecule has 5 rings (SSSR count). The molecule has 0 saturated carbocycles. The Kier molecular flexibility index (Phi) is 4.62. The molecule has 0 radical (unpaired) electrons. The first-order chi connectivity index (χ1) is 14.3. The molecule has 5 nitrogen and oxygen atoms in total. The molecule has 0 amide bonds. The predicted molar refractivity (Wildman–Crippen MR) is 117 cm³/mol. The first-order valence-corrected chi connectivity index (χ1v) is 10.3. The fourth-order valence-corrected chi connectivity index (χ4v) is 3.97. The number of benzene rings is 3. The van der Waals surface area contributed by atoms with Crippen LogP contribution >= 0.6 is 11.8 Å². The van der Waals surface area contributed by atoms with E-state index in [1.165, 1.54) is 11.8 Å². The van der Waals surface area contributed by atoms with Crippen molar-refractivity contribution in [2.24, 2.45) is 0 Å². The molecule has 29 heavy (non-hydrogen) atoms. The third-order valence-electron chi connectivity index (χ3n) is 4.77. The molecule has 0 unspecified atom stereocenters. The molecule has 6 heteroatoms. The van der Waals surface area contributed by atoms with Crippen LogP contribution in [0.25, 0.3) is 22.0 Å². The third kappa shape index (κ3) is 3.32. The number of nitrogens with one attached hydrogen (secondary N) is 1. The standard InChI is InChI=1S/C23H18N4OS/c1-2-14-29-23-25-22-20(26-27-23)18-11-5-6-13-19(18)24-21(28-22)17-12-7-9-15-8-3-4-10-16(15)17/h2-13,21,24H,1,14H2/t21-/m1/s1. The molecular weight excluding hydrogens is 380 g/mol. The largest absolute Gasteiger partial charge is 0.448 e. The molecule has 0 spiro atoms. The zero-order valence-corrected chi connectivity index (χ0v) is 16.4. The Morgan fingerprint density at radius 2 is 1.83 bits per heavy atom. The van der Waals surface area contributed by atoms with Gasteiger partial charge < -0.3 is 10.1 Å². The maximum atomic E-state index is 6.39. The van der Waals surface area contributed by atoms with Crippen LogP contribution in [0.3, 0.4) is 0 Å². The van der Waals surface area contributed by atoms with Crippen LogP contribution in [0.4, 0.5) is 5.69 Å². The van der Waals surface area contributed by atoms with Crippen molar-refractivity contribution < 1.29 is 4.74 Å². The minimum absolute atomic E-state index is 0.405. The van der Waals surface area contributed by atoms with Gasteiger partial charge in [-0.05, 0) is 16.8 Å². The molecule has 142 valence electrons. The van der Waals surface area contributed by atoms with Gasteiger partial charge in [0.15, 0.2) is 11.9 Å². The van der Waals surface area contributed by atoms with Crippen LogP contribution in [0.15, 0.2) is 84.5 Å². The van der Waals surface area contributed by atoms with Gasteiger partial charge in [0, 0.05) is 22.6 Å². The highest BCUT2D eigenvalue weighted by Gasteiger charge is 2.26. The molecule has 0 aliphatic carbocycles. The smallest absolute Gasteiger partial charge is 0.247 e. The van der Waals surface area contributed by atoms with Crippen molar-refractivity contribution in [3.63, 3.8) is 0 Å². The number of nitrogens with zero attached hydrogens (tertiary/aromatic N) is 3. The number of hydrogen-bond donors (Lipinski definition) is 1. The Bertz CT molecular complexity index is 1210. The molecule has 3 aromatic carbocycles. The van der Waals surface area contributed by atoms with Gasteiger partial charge in [-0.15, -0.1) is 16.8 Å². The summed E-state index contributed by atoms with van der Waals surface area (Å²) in [6, 6.07) is 22.5. The van der Waals surface area contributed by atoms with E-state index in [0.717, 1.165) is 27.6 Å². The number of ether oxygens (including phenoxy) is 1. The summed E-state index contributed by atoms with van der Waals surface area (Å²) in [5.74, 6) is 1.18. The first-order valence-electron chi connectivity index (χ1n) is 9.32. The van der Waals surface area contributed by atoms with Crippen LogP contribution in [0, 0.1) is 0 Å². The average Bonchev–Trinajstić information content (AvgIpc) is 2.93. The maximum absolute atomic E-state index is 6.39. The summed E-state index contributed by atoms with van der Waals surface area (Å²) in [7, 11) is 0. The number of rotatable bonds is 4. The minimum Gasteiger partial charge on any atom is -0.448 e. The van der Waals surface area contributed by atoms with E-state index in [4.69, 9.17) is 4.74 Å². The number of fused-ring (bicyclic) bond motifs is 4. The lowest BCUT2D eigenvalue weighted by Gasteiger charge is -2.21. The van der Waals surface area contributed by atoms with E-state index < -0.39 is 6.23 Å². The monoisotopic (exact) mass is 398 g/mol. The van der Waals surface area contributed by atoms with Crippen LogP contribution < -0.4 is 10.1 Å². The van der Waals surface area contributed by atoms with Gasteiger partial charge >= 0.3 is 0 Å². The summed E-state index contributed by atoms with van der Waals surface area (Å²) in [5.41, 5.74) is 3.54. The molecule has 1 aliphatic heterocycles. The summed E-state index contributed by atoms with van der Waals surface area (Å²) in [4.78, 5) is 4.64. The van der Waals surface area contributed by atoms with Crippen LogP contribution in [0.2, 0.25) is 0 Å². The molecule has 1 aromatic heterocycles. The van der Waals surface area contributed by atoms with Gasteiger partial charge in [0.25, 0.3) is 0 Å². The van der Waals surface area contributed by atoms with E-state index in [1.807, 2.05) is 48.5 Å². The lowest BCUT2D eigenvalue weighted by atomic mass is 10.0. The highest BCUT2D eigenvalue weighted by Crippen LogP contribution is 2.40. The quantitative estimate of drug-likeness (QED) is 0.363. The summed E-state index contributed by atoms with van der Waals surface area (Å²) in [6.07, 6.45) is 1.41. The second-order valence-corrected chi connectivity index (χ2v) is 7.59. The average molecular weight is 398 g/mol. The Labute approximate surface area is 172 Å². The maximum Gasteiger partial charge on any atom is 0.247 e. The highest BCUT2D eigenvalue weighted by molar-refractivity contribution is 7.99. The molecule has 1 N–H and O–H groups in total. The fourth-order valence-electron chi connectivity index (χ4n) is 3.46. The Balaban J connectivity index is 1.66. The van der Waals surface area contributed by atoms with Crippen molar-refractivity contribution in [3.05, 3.63) is 84.9 Å². The van der Waals surface area contributed by atoms with Crippen LogP contribution in [0.1, 0.15) is 11.8 Å². The van der Waals surface area contributed by atoms with E-state index in [2.05, 4.69) is 51.3 Å². The molecule has 0 fully saturated rings. The lowest BCUT2D eigenvalue weighted by Crippen LogP contribution is -2.17. The molecule has 0 bridgehead atoms. The molecule has 4 aromatic rings. The van der Waals surface area contributed by atoms with Gasteiger partial charge in [0.2, 0.25) is 11.0 Å². The van der Waals surface area contributed by atoms with Crippen molar-refractivity contribution in [1.82, 2.24) is 15.2 Å². The van der Waals surface area contributed by atoms with Gasteiger partial charge in [0.1, 0.15) is 0 Å². The van der Waals surface area contributed by atoms with E-state index in [-0.39, 0.29) is 0 Å². The zero-order valence-electron chi connectivity index (χ0n) is 15.6. The Hall–Kier alpha value is -3.38. The number of hydrogen-bond acceptors (Lipinski definition) is 6. The fraction of sp³-hybridized carbons (Fsp3) is 0.0870. The molecule has 1 atom stereocenters. The Morgan fingerprint density at radius 1 is 1.00 bits per heavy atom. The van der Waals surface area contributed by atoms with Crippen LogP contribution in [-0.2, 0) is 0 Å². The normalized spacial score (nSPS) is 14.8. The summed E-state index contributed by atoms with van der Waals surface area (Å²) in [6.45, 7) is 3.75.